The second-order valence-electron chi connectivity index (χ2n) is 4.35. The van der Waals surface area contributed by atoms with E-state index in [0.717, 1.165) is 19.4 Å². The predicted molar refractivity (Wildman–Crippen MR) is 70.4 cm³/mol. The second kappa shape index (κ2) is 5.85. The van der Waals surface area contributed by atoms with Gasteiger partial charge in [-0.05, 0) is 37.6 Å². The number of anilines is 1. The molecule has 94 valence electrons. The third-order valence-electron chi connectivity index (χ3n) is 2.97. The van der Waals surface area contributed by atoms with Crippen LogP contribution < -0.4 is 10.6 Å². The molecule has 1 aromatic rings. The van der Waals surface area contributed by atoms with Gasteiger partial charge in [0.1, 0.15) is 6.07 Å². The van der Waals surface area contributed by atoms with Crippen LogP contribution in [0.3, 0.4) is 0 Å². The Balaban J connectivity index is 1.94. The first-order chi connectivity index (χ1) is 8.69. The van der Waals surface area contributed by atoms with Gasteiger partial charge in [0.05, 0.1) is 10.6 Å². The average Bonchev–Trinajstić information content (AvgIpc) is 2.82. The van der Waals surface area contributed by atoms with Gasteiger partial charge in [-0.3, -0.25) is 4.79 Å². The molecule has 1 atom stereocenters. The molecule has 1 aromatic carbocycles. The lowest BCUT2D eigenvalue weighted by molar-refractivity contribution is -0.116. The maximum Gasteiger partial charge on any atom is 0.225 e. The maximum atomic E-state index is 11.8. The monoisotopic (exact) mass is 263 g/mol. The van der Waals surface area contributed by atoms with Crippen LogP contribution in [0, 0.1) is 11.3 Å². The Labute approximate surface area is 111 Å². The summed E-state index contributed by atoms with van der Waals surface area (Å²) < 4.78 is 0. The fourth-order valence-corrected chi connectivity index (χ4v) is 2.27. The number of carbonyl (C=O) groups excluding carboxylic acids is 1. The molecular formula is C13H14ClN3O. The normalized spacial score (nSPS) is 18.3. The summed E-state index contributed by atoms with van der Waals surface area (Å²) in [4.78, 5) is 11.8. The summed E-state index contributed by atoms with van der Waals surface area (Å²) in [5, 5.41) is 15.2. The Kier molecular flexibility index (Phi) is 4.19. The molecule has 0 aliphatic carbocycles. The third kappa shape index (κ3) is 3.22. The van der Waals surface area contributed by atoms with E-state index in [0.29, 0.717) is 22.7 Å². The molecule has 1 aliphatic heterocycles. The van der Waals surface area contributed by atoms with E-state index in [9.17, 15) is 4.79 Å². The van der Waals surface area contributed by atoms with Crippen LogP contribution in [-0.2, 0) is 4.79 Å². The SMILES string of the molecule is N#Cc1ccc(NC(=O)CC2CCCN2)cc1Cl. The summed E-state index contributed by atoms with van der Waals surface area (Å²) in [6, 6.07) is 7.14. The summed E-state index contributed by atoms with van der Waals surface area (Å²) in [5.74, 6) is -0.0322. The Bertz CT molecular complexity index is 489. The molecule has 0 saturated carbocycles. The highest BCUT2D eigenvalue weighted by Gasteiger charge is 2.17. The van der Waals surface area contributed by atoms with Gasteiger partial charge >= 0.3 is 0 Å². The third-order valence-corrected chi connectivity index (χ3v) is 3.28. The molecule has 1 heterocycles. The van der Waals surface area contributed by atoms with Crippen LogP contribution in [0.15, 0.2) is 18.2 Å². The summed E-state index contributed by atoms with van der Waals surface area (Å²) >= 11 is 5.90. The van der Waals surface area contributed by atoms with Crippen molar-refractivity contribution >= 4 is 23.2 Å². The quantitative estimate of drug-likeness (QED) is 0.879. The van der Waals surface area contributed by atoms with Crippen molar-refractivity contribution in [2.75, 3.05) is 11.9 Å². The van der Waals surface area contributed by atoms with Crippen LogP contribution in [0.25, 0.3) is 0 Å². The van der Waals surface area contributed by atoms with Crippen LogP contribution in [0.4, 0.5) is 5.69 Å². The van der Waals surface area contributed by atoms with E-state index in [-0.39, 0.29) is 11.9 Å². The van der Waals surface area contributed by atoms with Gasteiger partial charge in [0.15, 0.2) is 0 Å². The van der Waals surface area contributed by atoms with Crippen LogP contribution >= 0.6 is 11.6 Å². The maximum absolute atomic E-state index is 11.8. The Morgan fingerprint density at radius 1 is 1.61 bits per heavy atom. The Morgan fingerprint density at radius 3 is 3.06 bits per heavy atom. The lowest BCUT2D eigenvalue weighted by Gasteiger charge is -2.10. The molecule has 0 aromatic heterocycles. The van der Waals surface area contributed by atoms with Crippen molar-refractivity contribution in [2.24, 2.45) is 0 Å². The zero-order valence-corrected chi connectivity index (χ0v) is 10.6. The van der Waals surface area contributed by atoms with Gasteiger partial charge in [0.25, 0.3) is 0 Å². The van der Waals surface area contributed by atoms with Crippen molar-refractivity contribution in [3.63, 3.8) is 0 Å². The van der Waals surface area contributed by atoms with Crippen LogP contribution in [0.5, 0.6) is 0 Å². The summed E-state index contributed by atoms with van der Waals surface area (Å²) in [6.07, 6.45) is 2.64. The molecule has 0 radical (unpaired) electrons. The van der Waals surface area contributed by atoms with Crippen molar-refractivity contribution < 1.29 is 4.79 Å². The second-order valence-corrected chi connectivity index (χ2v) is 4.76. The highest BCUT2D eigenvalue weighted by molar-refractivity contribution is 6.32. The van der Waals surface area contributed by atoms with Crippen molar-refractivity contribution in [1.29, 1.82) is 5.26 Å². The topological polar surface area (TPSA) is 64.9 Å². The van der Waals surface area contributed by atoms with E-state index in [4.69, 9.17) is 16.9 Å². The number of nitriles is 1. The zero-order valence-electron chi connectivity index (χ0n) is 9.87. The molecule has 1 amide bonds. The molecule has 18 heavy (non-hydrogen) atoms. The van der Waals surface area contributed by atoms with Gasteiger partial charge < -0.3 is 10.6 Å². The minimum Gasteiger partial charge on any atom is -0.326 e. The molecule has 1 unspecified atom stereocenters. The highest BCUT2D eigenvalue weighted by Crippen LogP contribution is 2.20. The van der Waals surface area contributed by atoms with Crippen molar-refractivity contribution in [3.8, 4) is 6.07 Å². The zero-order chi connectivity index (χ0) is 13.0. The molecule has 5 heteroatoms. The summed E-state index contributed by atoms with van der Waals surface area (Å²) in [7, 11) is 0. The van der Waals surface area contributed by atoms with Crippen LogP contribution in [-0.4, -0.2) is 18.5 Å². The number of benzene rings is 1. The standard InChI is InChI=1S/C13H14ClN3O/c14-12-6-11(4-3-9(12)8-15)17-13(18)7-10-2-1-5-16-10/h3-4,6,10,16H,1-2,5,7H2,(H,17,18). The lowest BCUT2D eigenvalue weighted by Crippen LogP contribution is -2.27. The number of nitrogens with one attached hydrogen (secondary N) is 2. The van der Waals surface area contributed by atoms with Gasteiger partial charge in [-0.25, -0.2) is 0 Å². The van der Waals surface area contributed by atoms with E-state index < -0.39 is 0 Å². The molecular weight excluding hydrogens is 250 g/mol. The van der Waals surface area contributed by atoms with Gasteiger partial charge in [0, 0.05) is 18.2 Å². The van der Waals surface area contributed by atoms with Crippen LogP contribution in [0.1, 0.15) is 24.8 Å². The number of halogens is 1. The number of rotatable bonds is 3. The molecule has 2 rings (SSSR count). The Morgan fingerprint density at radius 2 is 2.44 bits per heavy atom. The smallest absolute Gasteiger partial charge is 0.225 e. The number of hydrogen-bond donors (Lipinski definition) is 2. The first-order valence-corrected chi connectivity index (χ1v) is 6.29. The summed E-state index contributed by atoms with van der Waals surface area (Å²) in [5.41, 5.74) is 1.04. The van der Waals surface area contributed by atoms with Crippen molar-refractivity contribution in [2.45, 2.75) is 25.3 Å². The van der Waals surface area contributed by atoms with E-state index in [2.05, 4.69) is 10.6 Å². The van der Waals surface area contributed by atoms with Crippen molar-refractivity contribution in [3.05, 3.63) is 28.8 Å². The molecule has 0 spiro atoms. The van der Waals surface area contributed by atoms with Gasteiger partial charge in [0.2, 0.25) is 5.91 Å². The van der Waals surface area contributed by atoms with E-state index in [1.165, 1.54) is 0 Å². The summed E-state index contributed by atoms with van der Waals surface area (Å²) in [6.45, 7) is 0.987. The van der Waals surface area contributed by atoms with Gasteiger partial charge in [-0.1, -0.05) is 11.6 Å². The van der Waals surface area contributed by atoms with Gasteiger partial charge in [-0.2, -0.15) is 5.26 Å². The highest BCUT2D eigenvalue weighted by atomic mass is 35.5. The molecule has 1 saturated heterocycles. The predicted octanol–water partition coefficient (Wildman–Crippen LogP) is 2.29. The van der Waals surface area contributed by atoms with Gasteiger partial charge in [-0.15, -0.1) is 0 Å². The first-order valence-electron chi connectivity index (χ1n) is 5.92. The number of carbonyl (C=O) groups is 1. The minimum absolute atomic E-state index is 0.0322. The molecule has 2 N–H and O–H groups in total. The molecule has 1 fully saturated rings. The fraction of sp³-hybridized carbons (Fsp3) is 0.385. The largest absolute Gasteiger partial charge is 0.326 e. The lowest BCUT2D eigenvalue weighted by atomic mass is 10.1. The van der Waals surface area contributed by atoms with Crippen molar-refractivity contribution in [1.82, 2.24) is 5.32 Å². The number of nitrogens with zero attached hydrogens (tertiary/aromatic N) is 1. The molecule has 4 nitrogen and oxygen atoms in total. The first kappa shape index (κ1) is 12.9. The Hall–Kier alpha value is -1.57. The fourth-order valence-electron chi connectivity index (χ4n) is 2.05. The van der Waals surface area contributed by atoms with Crippen LogP contribution in [0.2, 0.25) is 5.02 Å². The minimum atomic E-state index is -0.0322. The number of hydrogen-bond acceptors (Lipinski definition) is 3. The molecule has 0 bridgehead atoms. The number of amides is 1. The average molecular weight is 264 g/mol. The van der Waals surface area contributed by atoms with E-state index in [1.54, 1.807) is 18.2 Å². The van der Waals surface area contributed by atoms with E-state index in [1.807, 2.05) is 6.07 Å². The van der Waals surface area contributed by atoms with E-state index >= 15 is 0 Å². The molecule has 1 aliphatic rings.